The maximum Gasteiger partial charge on any atom is 0.341 e. The van der Waals surface area contributed by atoms with Crippen molar-refractivity contribution < 1.29 is 23.5 Å². The predicted molar refractivity (Wildman–Crippen MR) is 97.5 cm³/mol. The van der Waals surface area contributed by atoms with E-state index in [1.54, 1.807) is 13.0 Å². The van der Waals surface area contributed by atoms with E-state index in [4.69, 9.17) is 9.47 Å². The average Bonchev–Trinajstić information content (AvgIpc) is 3.36. The molecule has 138 valence electrons. The molecule has 0 aliphatic heterocycles. The Balaban J connectivity index is 1.75. The number of ether oxygens (including phenoxy) is 2. The highest BCUT2D eigenvalue weighted by molar-refractivity contribution is 7.15. The van der Waals surface area contributed by atoms with Crippen molar-refractivity contribution in [1.82, 2.24) is 0 Å². The van der Waals surface area contributed by atoms with E-state index in [-0.39, 0.29) is 24.7 Å². The van der Waals surface area contributed by atoms with E-state index in [1.165, 1.54) is 30.6 Å². The molecule has 0 spiro atoms. The molecule has 0 saturated heterocycles. The van der Waals surface area contributed by atoms with Gasteiger partial charge in [0.1, 0.15) is 5.00 Å². The number of anilines is 1. The highest BCUT2D eigenvalue weighted by Gasteiger charge is 2.32. The van der Waals surface area contributed by atoms with E-state index >= 15 is 0 Å². The number of methoxy groups -OCH3 is 1. The lowest BCUT2D eigenvalue weighted by Gasteiger charge is -2.09. The molecule has 7 heteroatoms. The zero-order valence-electron chi connectivity index (χ0n) is 14.6. The number of amides is 1. The van der Waals surface area contributed by atoms with Crippen LogP contribution in [-0.4, -0.2) is 25.6 Å². The number of carbonyl (C=O) groups excluding carboxylic acids is 2. The molecule has 1 N–H and O–H groups in total. The van der Waals surface area contributed by atoms with Gasteiger partial charge in [0, 0.05) is 0 Å². The summed E-state index contributed by atoms with van der Waals surface area (Å²) in [5, 5.41) is 5.17. The number of thiophene rings is 1. The van der Waals surface area contributed by atoms with Crippen LogP contribution in [0.5, 0.6) is 5.75 Å². The molecule has 1 heterocycles. The number of rotatable bonds is 7. The van der Waals surface area contributed by atoms with Gasteiger partial charge in [-0.15, -0.1) is 11.3 Å². The number of carbonyl (C=O) groups is 2. The van der Waals surface area contributed by atoms with Gasteiger partial charge in [0.05, 0.1) is 25.7 Å². The number of esters is 1. The van der Waals surface area contributed by atoms with Gasteiger partial charge in [0.15, 0.2) is 11.6 Å². The topological polar surface area (TPSA) is 64.6 Å². The number of hydrogen-bond acceptors (Lipinski definition) is 5. The summed E-state index contributed by atoms with van der Waals surface area (Å²) >= 11 is 1.32. The third kappa shape index (κ3) is 4.04. The molecule has 1 aromatic heterocycles. The van der Waals surface area contributed by atoms with Crippen molar-refractivity contribution in [1.29, 1.82) is 0 Å². The molecule has 0 atom stereocenters. The van der Waals surface area contributed by atoms with Crippen LogP contribution in [0.25, 0.3) is 0 Å². The van der Waals surface area contributed by atoms with Gasteiger partial charge in [0.25, 0.3) is 0 Å². The molecule has 1 aliphatic carbocycles. The fourth-order valence-corrected chi connectivity index (χ4v) is 3.79. The normalized spacial score (nSPS) is 13.3. The first kappa shape index (κ1) is 18.4. The van der Waals surface area contributed by atoms with Crippen LogP contribution in [0.1, 0.15) is 47.2 Å². The zero-order valence-corrected chi connectivity index (χ0v) is 15.5. The second-order valence-electron chi connectivity index (χ2n) is 6.08. The van der Waals surface area contributed by atoms with Crippen molar-refractivity contribution in [2.45, 2.75) is 32.1 Å². The molecular weight excluding hydrogens is 357 g/mol. The van der Waals surface area contributed by atoms with Gasteiger partial charge in [-0.25, -0.2) is 9.18 Å². The summed E-state index contributed by atoms with van der Waals surface area (Å²) in [5.74, 6) is -0.749. The molecular formula is C19H20FNO4S. The Bertz CT molecular complexity index is 829. The first-order valence-electron chi connectivity index (χ1n) is 8.44. The molecule has 0 radical (unpaired) electrons. The lowest BCUT2D eigenvalue weighted by Crippen LogP contribution is -2.17. The Labute approximate surface area is 155 Å². The molecule has 2 aromatic rings. The Kier molecular flexibility index (Phi) is 5.56. The first-order chi connectivity index (χ1) is 12.5. The number of benzene rings is 1. The molecule has 1 saturated carbocycles. The van der Waals surface area contributed by atoms with Crippen molar-refractivity contribution >= 4 is 28.2 Å². The minimum atomic E-state index is -0.517. The van der Waals surface area contributed by atoms with E-state index in [0.29, 0.717) is 22.0 Å². The molecule has 1 amide bonds. The van der Waals surface area contributed by atoms with Crippen LogP contribution in [0.2, 0.25) is 0 Å². The van der Waals surface area contributed by atoms with Crippen LogP contribution in [0, 0.1) is 5.82 Å². The lowest BCUT2D eigenvalue weighted by molar-refractivity contribution is -0.115. The molecule has 1 aromatic carbocycles. The molecule has 1 fully saturated rings. The van der Waals surface area contributed by atoms with Gasteiger partial charge in [-0.2, -0.15) is 0 Å². The predicted octanol–water partition coefficient (Wildman–Crippen LogP) is 4.13. The number of halogens is 1. The Morgan fingerprint density at radius 1 is 1.35 bits per heavy atom. The fourth-order valence-electron chi connectivity index (χ4n) is 2.75. The van der Waals surface area contributed by atoms with E-state index < -0.39 is 11.8 Å². The molecule has 1 aliphatic rings. The lowest BCUT2D eigenvalue weighted by atomic mass is 10.1. The van der Waals surface area contributed by atoms with E-state index in [9.17, 15) is 14.0 Å². The van der Waals surface area contributed by atoms with Crippen molar-refractivity contribution in [2.75, 3.05) is 19.0 Å². The van der Waals surface area contributed by atoms with E-state index in [2.05, 4.69) is 5.32 Å². The summed E-state index contributed by atoms with van der Waals surface area (Å²) < 4.78 is 23.8. The van der Waals surface area contributed by atoms with Gasteiger partial charge < -0.3 is 14.8 Å². The minimum Gasteiger partial charge on any atom is -0.494 e. The zero-order chi connectivity index (χ0) is 18.7. The Morgan fingerprint density at radius 2 is 2.12 bits per heavy atom. The second kappa shape index (κ2) is 7.86. The highest BCUT2D eigenvalue weighted by atomic mass is 32.1. The van der Waals surface area contributed by atoms with Gasteiger partial charge in [0.2, 0.25) is 5.91 Å². The second-order valence-corrected chi connectivity index (χ2v) is 6.96. The minimum absolute atomic E-state index is 0.000157. The van der Waals surface area contributed by atoms with Crippen LogP contribution in [0.3, 0.4) is 0 Å². The van der Waals surface area contributed by atoms with E-state index in [1.807, 2.05) is 5.38 Å². The van der Waals surface area contributed by atoms with Crippen LogP contribution in [0.4, 0.5) is 9.39 Å². The molecule has 26 heavy (non-hydrogen) atoms. The quantitative estimate of drug-likeness (QED) is 0.737. The summed E-state index contributed by atoms with van der Waals surface area (Å²) in [6.45, 7) is 2.02. The summed E-state index contributed by atoms with van der Waals surface area (Å²) in [6.07, 6.45) is 2.09. The van der Waals surface area contributed by atoms with E-state index in [0.717, 1.165) is 18.4 Å². The van der Waals surface area contributed by atoms with Gasteiger partial charge in [-0.3, -0.25) is 4.79 Å². The van der Waals surface area contributed by atoms with Crippen LogP contribution < -0.4 is 10.1 Å². The maximum absolute atomic E-state index is 13.8. The fraction of sp³-hybridized carbons (Fsp3) is 0.368. The van der Waals surface area contributed by atoms with Gasteiger partial charge in [-0.05, 0) is 54.3 Å². The summed E-state index contributed by atoms with van der Waals surface area (Å²) in [6, 6.07) is 4.39. The van der Waals surface area contributed by atoms with Crippen molar-refractivity contribution in [3.05, 3.63) is 46.1 Å². The van der Waals surface area contributed by atoms with Crippen molar-refractivity contribution in [3.63, 3.8) is 0 Å². The number of nitrogens with one attached hydrogen (secondary N) is 1. The molecule has 0 bridgehead atoms. The van der Waals surface area contributed by atoms with Crippen LogP contribution in [-0.2, 0) is 16.0 Å². The highest BCUT2D eigenvalue weighted by Crippen LogP contribution is 2.46. The average molecular weight is 377 g/mol. The summed E-state index contributed by atoms with van der Waals surface area (Å²) in [5.41, 5.74) is 1.92. The van der Waals surface area contributed by atoms with Crippen LogP contribution in [0.15, 0.2) is 23.6 Å². The first-order valence-corrected chi connectivity index (χ1v) is 9.32. The van der Waals surface area contributed by atoms with Crippen LogP contribution >= 0.6 is 11.3 Å². The van der Waals surface area contributed by atoms with Gasteiger partial charge in [-0.1, -0.05) is 6.07 Å². The standard InChI is InChI=1S/C19H20FNO4S/c1-3-25-19(23)17-13(12-5-6-12)10-26-18(17)21-16(22)9-11-4-7-15(24-2)14(20)8-11/h4,7-8,10,12H,3,5-6,9H2,1-2H3,(H,21,22). The monoisotopic (exact) mass is 377 g/mol. The van der Waals surface area contributed by atoms with Gasteiger partial charge >= 0.3 is 5.97 Å². The summed E-state index contributed by atoms with van der Waals surface area (Å²) in [4.78, 5) is 24.7. The largest absolute Gasteiger partial charge is 0.494 e. The Morgan fingerprint density at radius 3 is 2.73 bits per heavy atom. The number of hydrogen-bond donors (Lipinski definition) is 1. The molecule has 5 nitrogen and oxygen atoms in total. The van der Waals surface area contributed by atoms with Crippen molar-refractivity contribution in [3.8, 4) is 5.75 Å². The smallest absolute Gasteiger partial charge is 0.341 e. The maximum atomic E-state index is 13.8. The SMILES string of the molecule is CCOC(=O)c1c(C2CC2)csc1NC(=O)Cc1ccc(OC)c(F)c1. The summed E-state index contributed by atoms with van der Waals surface area (Å²) in [7, 11) is 1.38. The van der Waals surface area contributed by atoms with Crippen molar-refractivity contribution in [2.24, 2.45) is 0 Å². The molecule has 0 unspecified atom stereocenters. The third-order valence-electron chi connectivity index (χ3n) is 4.15. The molecule has 3 rings (SSSR count). The Hall–Kier alpha value is -2.41. The third-order valence-corrected chi connectivity index (χ3v) is 5.06.